The Labute approximate surface area is 136 Å². The van der Waals surface area contributed by atoms with Crippen LogP contribution in [0.1, 0.15) is 17.7 Å². The zero-order valence-electron chi connectivity index (χ0n) is 13.0. The molecule has 0 amide bonds. The Bertz CT molecular complexity index is 853. The molecular formula is C15H15F2N5O2. The molecule has 126 valence electrons. The average Bonchev–Trinajstić information content (AvgIpc) is 3.04. The summed E-state index contributed by atoms with van der Waals surface area (Å²) in [4.78, 5) is 7.93. The zero-order chi connectivity index (χ0) is 17.1. The van der Waals surface area contributed by atoms with Gasteiger partial charge in [0.25, 0.3) is 6.43 Å². The molecule has 0 fully saturated rings. The number of fused-ring (bicyclic) bond motifs is 1. The number of halogens is 2. The highest BCUT2D eigenvalue weighted by atomic mass is 19.3. The fourth-order valence-electron chi connectivity index (χ4n) is 2.35. The van der Waals surface area contributed by atoms with Crippen LogP contribution >= 0.6 is 0 Å². The molecule has 0 aliphatic heterocycles. The number of alkyl halides is 2. The fraction of sp³-hybridized carbons (Fsp3) is 0.267. The second-order valence-corrected chi connectivity index (χ2v) is 4.89. The van der Waals surface area contributed by atoms with Crippen molar-refractivity contribution in [2.24, 2.45) is 0 Å². The summed E-state index contributed by atoms with van der Waals surface area (Å²) >= 11 is 0. The van der Waals surface area contributed by atoms with Crippen molar-refractivity contribution in [3.05, 3.63) is 35.8 Å². The van der Waals surface area contributed by atoms with Crippen LogP contribution in [0.5, 0.6) is 11.5 Å². The molecule has 0 bridgehead atoms. The molecule has 2 N–H and O–H groups in total. The van der Waals surface area contributed by atoms with E-state index in [4.69, 9.17) is 9.47 Å². The Morgan fingerprint density at radius 2 is 2.04 bits per heavy atom. The van der Waals surface area contributed by atoms with E-state index in [1.165, 1.54) is 6.33 Å². The van der Waals surface area contributed by atoms with Gasteiger partial charge >= 0.3 is 0 Å². The van der Waals surface area contributed by atoms with E-state index in [2.05, 4.69) is 25.5 Å². The van der Waals surface area contributed by atoms with E-state index >= 15 is 0 Å². The Balaban J connectivity index is 1.90. The maximum atomic E-state index is 13.1. The summed E-state index contributed by atoms with van der Waals surface area (Å²) in [5.74, 6) is 1.56. The normalized spacial score (nSPS) is 11.0. The summed E-state index contributed by atoms with van der Waals surface area (Å²) in [6, 6.07) is 5.36. The maximum absolute atomic E-state index is 13.1. The van der Waals surface area contributed by atoms with Crippen LogP contribution in [0.3, 0.4) is 0 Å². The highest BCUT2D eigenvalue weighted by molar-refractivity contribution is 5.89. The lowest BCUT2D eigenvalue weighted by atomic mass is 10.2. The highest BCUT2D eigenvalue weighted by Gasteiger charge is 2.19. The summed E-state index contributed by atoms with van der Waals surface area (Å²) in [6.45, 7) is 0.327. The first-order valence-electron chi connectivity index (χ1n) is 7.06. The van der Waals surface area contributed by atoms with Crippen LogP contribution in [0.25, 0.3) is 11.0 Å². The summed E-state index contributed by atoms with van der Waals surface area (Å²) < 4.78 is 36.6. The minimum absolute atomic E-state index is 0.181. The number of aromatic nitrogens is 4. The SMILES string of the molecule is COc1ccc(CNc2ncnc3n[nH]c(C(F)F)c23)c(OC)c1. The van der Waals surface area contributed by atoms with Gasteiger partial charge in [0, 0.05) is 18.2 Å². The summed E-state index contributed by atoms with van der Waals surface area (Å²) in [5, 5.41) is 9.29. The summed E-state index contributed by atoms with van der Waals surface area (Å²) in [6.07, 6.45) is -1.43. The Hall–Kier alpha value is -2.97. The lowest BCUT2D eigenvalue weighted by Crippen LogP contribution is -2.05. The molecule has 0 unspecified atom stereocenters. The predicted octanol–water partition coefficient (Wildman–Crippen LogP) is 2.92. The van der Waals surface area contributed by atoms with Gasteiger partial charge in [0.2, 0.25) is 0 Å². The van der Waals surface area contributed by atoms with Crippen LogP contribution in [0, 0.1) is 0 Å². The number of anilines is 1. The molecule has 9 heteroatoms. The van der Waals surface area contributed by atoms with Gasteiger partial charge in [0.15, 0.2) is 5.65 Å². The van der Waals surface area contributed by atoms with Crippen LogP contribution < -0.4 is 14.8 Å². The number of hydrogen-bond donors (Lipinski definition) is 2. The number of benzene rings is 1. The van der Waals surface area contributed by atoms with Gasteiger partial charge in [0.1, 0.15) is 29.3 Å². The van der Waals surface area contributed by atoms with Gasteiger partial charge in [-0.1, -0.05) is 0 Å². The van der Waals surface area contributed by atoms with Gasteiger partial charge in [-0.25, -0.2) is 18.7 Å². The minimum Gasteiger partial charge on any atom is -0.497 e. The van der Waals surface area contributed by atoms with Crippen molar-refractivity contribution >= 4 is 16.9 Å². The van der Waals surface area contributed by atoms with E-state index in [0.717, 1.165) is 5.56 Å². The van der Waals surface area contributed by atoms with Crippen molar-refractivity contribution in [1.29, 1.82) is 0 Å². The average molecular weight is 335 g/mol. The quantitative estimate of drug-likeness (QED) is 0.720. The van der Waals surface area contributed by atoms with E-state index in [0.29, 0.717) is 18.0 Å². The lowest BCUT2D eigenvalue weighted by molar-refractivity contribution is 0.147. The van der Waals surface area contributed by atoms with Crippen molar-refractivity contribution in [2.75, 3.05) is 19.5 Å². The second kappa shape index (κ2) is 6.65. The fourth-order valence-corrected chi connectivity index (χ4v) is 2.35. The minimum atomic E-state index is -2.70. The molecule has 2 heterocycles. The first-order valence-corrected chi connectivity index (χ1v) is 7.06. The topological polar surface area (TPSA) is 85.0 Å². The third kappa shape index (κ3) is 2.92. The molecule has 1 aromatic carbocycles. The van der Waals surface area contributed by atoms with Crippen LogP contribution in [-0.2, 0) is 6.54 Å². The van der Waals surface area contributed by atoms with Crippen LogP contribution in [0.4, 0.5) is 14.6 Å². The van der Waals surface area contributed by atoms with E-state index in [-0.39, 0.29) is 22.5 Å². The number of rotatable bonds is 6. The van der Waals surface area contributed by atoms with Gasteiger partial charge in [0.05, 0.1) is 19.6 Å². The Morgan fingerprint density at radius 3 is 2.75 bits per heavy atom. The van der Waals surface area contributed by atoms with E-state index < -0.39 is 6.43 Å². The molecule has 2 aromatic heterocycles. The molecule has 0 spiro atoms. The molecule has 0 atom stereocenters. The third-order valence-corrected chi connectivity index (χ3v) is 3.54. The van der Waals surface area contributed by atoms with Gasteiger partial charge in [-0.3, -0.25) is 5.10 Å². The zero-order valence-corrected chi connectivity index (χ0v) is 13.0. The van der Waals surface area contributed by atoms with Crippen LogP contribution in [-0.4, -0.2) is 34.4 Å². The molecular weight excluding hydrogens is 320 g/mol. The number of ether oxygens (including phenoxy) is 2. The molecule has 0 saturated carbocycles. The van der Waals surface area contributed by atoms with Gasteiger partial charge in [-0.15, -0.1) is 0 Å². The molecule has 0 aliphatic rings. The maximum Gasteiger partial charge on any atom is 0.280 e. The van der Waals surface area contributed by atoms with Crippen molar-refractivity contribution in [3.63, 3.8) is 0 Å². The molecule has 3 rings (SSSR count). The van der Waals surface area contributed by atoms with E-state index in [9.17, 15) is 8.78 Å². The molecule has 24 heavy (non-hydrogen) atoms. The first-order chi connectivity index (χ1) is 11.6. The first kappa shape index (κ1) is 15.9. The Kier molecular flexibility index (Phi) is 4.41. The molecule has 0 radical (unpaired) electrons. The predicted molar refractivity (Wildman–Crippen MR) is 83.5 cm³/mol. The van der Waals surface area contributed by atoms with Crippen molar-refractivity contribution in [2.45, 2.75) is 13.0 Å². The van der Waals surface area contributed by atoms with Crippen LogP contribution in [0.15, 0.2) is 24.5 Å². The number of H-pyrrole nitrogens is 1. The van der Waals surface area contributed by atoms with Crippen LogP contribution in [0.2, 0.25) is 0 Å². The van der Waals surface area contributed by atoms with E-state index in [1.807, 2.05) is 6.07 Å². The smallest absolute Gasteiger partial charge is 0.280 e. The summed E-state index contributed by atoms with van der Waals surface area (Å²) in [7, 11) is 3.11. The monoisotopic (exact) mass is 335 g/mol. The third-order valence-electron chi connectivity index (χ3n) is 3.54. The number of aromatic amines is 1. The number of nitrogens with one attached hydrogen (secondary N) is 2. The molecule has 3 aromatic rings. The van der Waals surface area contributed by atoms with Crippen molar-refractivity contribution < 1.29 is 18.3 Å². The molecule has 0 aliphatic carbocycles. The second-order valence-electron chi connectivity index (χ2n) is 4.89. The van der Waals surface area contributed by atoms with Crippen molar-refractivity contribution in [3.8, 4) is 11.5 Å². The number of hydrogen-bond acceptors (Lipinski definition) is 6. The van der Waals surface area contributed by atoms with Gasteiger partial charge in [-0.05, 0) is 12.1 Å². The standard InChI is InChI=1S/C15H15F2N5O2/c1-23-9-4-3-8(10(5-9)24-2)6-18-14-11-12(13(16)17)21-22-15(11)20-7-19-14/h3-5,7,13H,6H2,1-2H3,(H2,18,19,20,21,22). The lowest BCUT2D eigenvalue weighted by Gasteiger charge is -2.12. The largest absolute Gasteiger partial charge is 0.497 e. The molecule has 7 nitrogen and oxygen atoms in total. The highest BCUT2D eigenvalue weighted by Crippen LogP contribution is 2.30. The van der Waals surface area contributed by atoms with Crippen molar-refractivity contribution in [1.82, 2.24) is 20.2 Å². The Morgan fingerprint density at radius 1 is 1.21 bits per heavy atom. The number of methoxy groups -OCH3 is 2. The molecule has 0 saturated heterocycles. The number of nitrogens with zero attached hydrogens (tertiary/aromatic N) is 3. The van der Waals surface area contributed by atoms with E-state index in [1.54, 1.807) is 26.4 Å². The van der Waals surface area contributed by atoms with Gasteiger partial charge in [-0.2, -0.15) is 5.10 Å². The van der Waals surface area contributed by atoms with Gasteiger partial charge < -0.3 is 14.8 Å². The summed E-state index contributed by atoms with van der Waals surface area (Å²) in [5.41, 5.74) is 0.700.